The van der Waals surface area contributed by atoms with E-state index >= 15 is 0 Å². The van der Waals surface area contributed by atoms with Crippen LogP contribution in [0.5, 0.6) is 5.75 Å². The summed E-state index contributed by atoms with van der Waals surface area (Å²) in [6.45, 7) is 6.62. The zero-order valence-electron chi connectivity index (χ0n) is 13.8. The van der Waals surface area contributed by atoms with Gasteiger partial charge in [-0.2, -0.15) is 11.8 Å². The van der Waals surface area contributed by atoms with E-state index in [4.69, 9.17) is 9.47 Å². The summed E-state index contributed by atoms with van der Waals surface area (Å²) in [7, 11) is 0. The minimum absolute atomic E-state index is 0.327. The Kier molecular flexibility index (Phi) is 6.54. The van der Waals surface area contributed by atoms with Crippen molar-refractivity contribution in [1.82, 2.24) is 10.6 Å². The molecule has 0 radical (unpaired) electrons. The Labute approximate surface area is 146 Å². The fourth-order valence-electron chi connectivity index (χ4n) is 2.49. The third kappa shape index (κ3) is 4.44. The van der Waals surface area contributed by atoms with Crippen LogP contribution in [0.3, 0.4) is 0 Å². The number of hydrogen-bond acceptors (Lipinski definition) is 5. The van der Waals surface area contributed by atoms with Crippen molar-refractivity contribution < 1.29 is 19.1 Å². The fourth-order valence-corrected chi connectivity index (χ4v) is 2.74. The Balaban J connectivity index is 2.19. The van der Waals surface area contributed by atoms with Crippen LogP contribution >= 0.6 is 11.8 Å². The number of nitrogens with one attached hydrogen (secondary N) is 2. The Morgan fingerprint density at radius 2 is 2.04 bits per heavy atom. The summed E-state index contributed by atoms with van der Waals surface area (Å²) in [4.78, 5) is 24.2. The molecule has 2 atom stereocenters. The molecule has 7 heteroatoms. The molecule has 1 aromatic carbocycles. The maximum atomic E-state index is 12.4. The first-order valence-electron chi connectivity index (χ1n) is 7.71. The Bertz CT molecular complexity index is 603. The lowest BCUT2D eigenvalue weighted by molar-refractivity contribution is -0.147. The lowest BCUT2D eigenvalue weighted by Gasteiger charge is -2.33. The van der Waals surface area contributed by atoms with Crippen LogP contribution in [0.15, 0.2) is 36.5 Å². The smallest absolute Gasteiger partial charge is 0.319 e. The van der Waals surface area contributed by atoms with Crippen LogP contribution in [-0.4, -0.2) is 37.2 Å². The van der Waals surface area contributed by atoms with Crippen molar-refractivity contribution in [3.63, 3.8) is 0 Å². The number of rotatable bonds is 7. The van der Waals surface area contributed by atoms with Gasteiger partial charge in [-0.3, -0.25) is 4.79 Å². The molecule has 0 bridgehead atoms. The number of thioether (sulfide) groups is 1. The fraction of sp³-hybridized carbons (Fsp3) is 0.412. The molecular formula is C17H22N2O4S. The molecule has 1 heterocycles. The molecule has 2 N–H and O–H groups in total. The number of ether oxygens (including phenoxy) is 2. The van der Waals surface area contributed by atoms with Crippen molar-refractivity contribution in [3.05, 3.63) is 42.1 Å². The molecule has 24 heavy (non-hydrogen) atoms. The lowest BCUT2D eigenvalue weighted by Crippen LogP contribution is -2.51. The number of amides is 2. The van der Waals surface area contributed by atoms with Gasteiger partial charge in [0.2, 0.25) is 0 Å². The maximum Gasteiger partial charge on any atom is 0.319 e. The highest BCUT2D eigenvalue weighted by molar-refractivity contribution is 7.98. The molecule has 0 unspecified atom stereocenters. The summed E-state index contributed by atoms with van der Waals surface area (Å²) in [5.41, 5.74) is 1.13. The summed E-state index contributed by atoms with van der Waals surface area (Å²) < 4.78 is 10.7. The maximum absolute atomic E-state index is 12.4. The van der Waals surface area contributed by atoms with Crippen molar-refractivity contribution in [2.24, 2.45) is 5.92 Å². The van der Waals surface area contributed by atoms with Crippen LogP contribution < -0.4 is 15.4 Å². The Morgan fingerprint density at radius 3 is 2.67 bits per heavy atom. The van der Waals surface area contributed by atoms with E-state index in [-0.39, 0.29) is 6.03 Å². The predicted molar refractivity (Wildman–Crippen MR) is 94.0 cm³/mol. The van der Waals surface area contributed by atoms with Gasteiger partial charge in [-0.1, -0.05) is 18.7 Å². The van der Waals surface area contributed by atoms with Gasteiger partial charge in [0.25, 0.3) is 0 Å². The van der Waals surface area contributed by atoms with E-state index in [0.29, 0.717) is 18.9 Å². The molecule has 130 valence electrons. The Hall–Kier alpha value is -2.15. The zero-order valence-corrected chi connectivity index (χ0v) is 14.7. The number of benzene rings is 1. The third-order valence-electron chi connectivity index (χ3n) is 3.61. The highest BCUT2D eigenvalue weighted by Crippen LogP contribution is 2.31. The zero-order chi connectivity index (χ0) is 17.5. The standard InChI is InChI=1S/C17H22N2O4S/c1-4-22-13-7-5-12(6-8-13)15-14(11(2)18-17(21)19-15)16(20)23-9-10-24-3/h5-8,14-15H,2,4,9-10H2,1,3H3,(H2,18,19,21)/t14-,15-/m1/s1. The SMILES string of the molecule is C=C1NC(=O)N[C@H](c2ccc(OCC)cc2)[C@@H]1C(=O)OCCSC. The van der Waals surface area contributed by atoms with Crippen LogP contribution in [0, 0.1) is 5.92 Å². The number of carbonyl (C=O) groups excluding carboxylic acids is 2. The average molecular weight is 350 g/mol. The van der Waals surface area contributed by atoms with Crippen molar-refractivity contribution in [2.45, 2.75) is 13.0 Å². The van der Waals surface area contributed by atoms with Crippen LogP contribution in [0.1, 0.15) is 18.5 Å². The number of urea groups is 1. The van der Waals surface area contributed by atoms with Gasteiger partial charge in [0.05, 0.1) is 12.6 Å². The minimum Gasteiger partial charge on any atom is -0.494 e. The van der Waals surface area contributed by atoms with Crippen molar-refractivity contribution >= 4 is 23.8 Å². The Morgan fingerprint density at radius 1 is 1.33 bits per heavy atom. The summed E-state index contributed by atoms with van der Waals surface area (Å²) in [5, 5.41) is 5.34. The molecule has 1 aromatic rings. The quantitative estimate of drug-likeness (QED) is 0.584. The molecule has 1 fully saturated rings. The number of carbonyl (C=O) groups is 2. The van der Waals surface area contributed by atoms with E-state index in [1.54, 1.807) is 11.8 Å². The molecule has 1 aliphatic heterocycles. The van der Waals surface area contributed by atoms with Crippen molar-refractivity contribution in [3.8, 4) is 5.75 Å². The van der Waals surface area contributed by atoms with E-state index in [2.05, 4.69) is 17.2 Å². The molecule has 0 aromatic heterocycles. The first-order valence-corrected chi connectivity index (χ1v) is 9.10. The molecule has 0 spiro atoms. The van der Waals surface area contributed by atoms with E-state index < -0.39 is 17.9 Å². The average Bonchev–Trinajstić information content (AvgIpc) is 2.55. The van der Waals surface area contributed by atoms with E-state index in [1.807, 2.05) is 37.4 Å². The molecule has 1 saturated heterocycles. The van der Waals surface area contributed by atoms with Crippen LogP contribution in [0.4, 0.5) is 4.79 Å². The summed E-state index contributed by atoms with van der Waals surface area (Å²) in [5.74, 6) is 0.376. The minimum atomic E-state index is -0.678. The summed E-state index contributed by atoms with van der Waals surface area (Å²) in [6, 6.07) is 6.38. The van der Waals surface area contributed by atoms with Gasteiger partial charge >= 0.3 is 12.0 Å². The van der Waals surface area contributed by atoms with Crippen molar-refractivity contribution in [2.75, 3.05) is 25.2 Å². The second kappa shape index (κ2) is 8.63. The second-order valence-electron chi connectivity index (χ2n) is 5.24. The van der Waals surface area contributed by atoms with Gasteiger partial charge < -0.3 is 20.1 Å². The highest BCUT2D eigenvalue weighted by atomic mass is 32.2. The third-order valence-corrected chi connectivity index (χ3v) is 4.18. The molecule has 6 nitrogen and oxygen atoms in total. The number of hydrogen-bond donors (Lipinski definition) is 2. The topological polar surface area (TPSA) is 76.7 Å². The van der Waals surface area contributed by atoms with Gasteiger partial charge in [0.15, 0.2) is 0 Å². The summed E-state index contributed by atoms with van der Waals surface area (Å²) >= 11 is 1.60. The largest absolute Gasteiger partial charge is 0.494 e. The lowest BCUT2D eigenvalue weighted by atomic mass is 9.89. The van der Waals surface area contributed by atoms with Crippen LogP contribution in [-0.2, 0) is 9.53 Å². The van der Waals surface area contributed by atoms with Gasteiger partial charge in [-0.25, -0.2) is 4.79 Å². The van der Waals surface area contributed by atoms with E-state index in [0.717, 1.165) is 17.1 Å². The van der Waals surface area contributed by atoms with Gasteiger partial charge in [-0.15, -0.1) is 0 Å². The predicted octanol–water partition coefficient (Wildman–Crippen LogP) is 2.48. The monoisotopic (exact) mass is 350 g/mol. The molecular weight excluding hydrogens is 328 g/mol. The second-order valence-corrected chi connectivity index (χ2v) is 6.23. The van der Waals surface area contributed by atoms with Crippen molar-refractivity contribution in [1.29, 1.82) is 0 Å². The van der Waals surface area contributed by atoms with E-state index in [1.165, 1.54) is 0 Å². The van der Waals surface area contributed by atoms with Gasteiger partial charge in [0.1, 0.15) is 18.3 Å². The first-order chi connectivity index (χ1) is 11.6. The summed E-state index contributed by atoms with van der Waals surface area (Å²) in [6.07, 6.45) is 1.94. The highest BCUT2D eigenvalue weighted by Gasteiger charge is 2.38. The van der Waals surface area contributed by atoms with E-state index in [9.17, 15) is 9.59 Å². The first kappa shape index (κ1) is 18.2. The molecule has 2 amide bonds. The molecule has 2 rings (SSSR count). The van der Waals surface area contributed by atoms with Crippen LogP contribution in [0.25, 0.3) is 0 Å². The normalized spacial score (nSPS) is 20.1. The molecule has 1 aliphatic rings. The van der Waals surface area contributed by atoms with Gasteiger partial charge in [-0.05, 0) is 30.9 Å². The molecule has 0 saturated carbocycles. The van der Waals surface area contributed by atoms with Crippen LogP contribution in [0.2, 0.25) is 0 Å². The number of esters is 1. The van der Waals surface area contributed by atoms with Gasteiger partial charge in [0, 0.05) is 11.4 Å². The molecule has 0 aliphatic carbocycles.